The van der Waals surface area contributed by atoms with Crippen molar-refractivity contribution in [3.8, 4) is 5.75 Å². The third-order valence-electron chi connectivity index (χ3n) is 2.84. The lowest BCUT2D eigenvalue weighted by Crippen LogP contribution is -2.42. The second-order valence-corrected chi connectivity index (χ2v) is 3.96. The maximum absolute atomic E-state index is 11.6. The lowest BCUT2D eigenvalue weighted by atomic mass is 9.85. The van der Waals surface area contributed by atoms with Crippen molar-refractivity contribution in [3.05, 3.63) is 65.7 Å². The van der Waals surface area contributed by atoms with Gasteiger partial charge in [0.2, 0.25) is 0 Å². The Balaban J connectivity index is 2.67. The number of aromatic hydroxyl groups is 1. The predicted octanol–water partition coefficient (Wildman–Crippen LogP) is 1.11. The van der Waals surface area contributed by atoms with Gasteiger partial charge in [-0.25, -0.2) is 0 Å². The van der Waals surface area contributed by atoms with Gasteiger partial charge in [0.25, 0.3) is 5.91 Å². The van der Waals surface area contributed by atoms with Crippen molar-refractivity contribution in [1.29, 1.82) is 0 Å². The van der Waals surface area contributed by atoms with Crippen LogP contribution in [0.4, 0.5) is 0 Å². The minimum atomic E-state index is -2.04. The molecule has 4 nitrogen and oxygen atoms in total. The summed E-state index contributed by atoms with van der Waals surface area (Å²) in [5, 5.41) is 20.4. The van der Waals surface area contributed by atoms with Crippen LogP contribution in [0.3, 0.4) is 0 Å². The Morgan fingerprint density at radius 3 is 2.11 bits per heavy atom. The van der Waals surface area contributed by atoms with E-state index in [-0.39, 0.29) is 11.3 Å². The van der Waals surface area contributed by atoms with Crippen LogP contribution in [0.25, 0.3) is 0 Å². The molecular weight excluding hydrogens is 230 g/mol. The summed E-state index contributed by atoms with van der Waals surface area (Å²) in [6, 6.07) is 14.4. The summed E-state index contributed by atoms with van der Waals surface area (Å²) < 4.78 is 0. The summed E-state index contributed by atoms with van der Waals surface area (Å²) in [6.07, 6.45) is 0. The van der Waals surface area contributed by atoms with Gasteiger partial charge in [-0.1, -0.05) is 48.5 Å². The summed E-state index contributed by atoms with van der Waals surface area (Å²) in [4.78, 5) is 11.6. The molecule has 0 spiro atoms. The standard InChI is InChI=1S/C14H13NO3/c15-13(17)14(18,10-6-2-1-3-7-10)11-8-4-5-9-12(11)16/h1-9,16,18H,(H2,15,17). The number of phenolic OH excluding ortho intramolecular Hbond substituents is 1. The summed E-state index contributed by atoms with van der Waals surface area (Å²) in [6.45, 7) is 0. The zero-order valence-corrected chi connectivity index (χ0v) is 9.58. The lowest BCUT2D eigenvalue weighted by Gasteiger charge is -2.26. The number of benzene rings is 2. The van der Waals surface area contributed by atoms with Crippen molar-refractivity contribution in [2.45, 2.75) is 5.60 Å². The largest absolute Gasteiger partial charge is 0.508 e. The molecule has 2 aromatic rings. The number of carbonyl (C=O) groups excluding carboxylic acids is 1. The Kier molecular flexibility index (Phi) is 3.04. The van der Waals surface area contributed by atoms with Gasteiger partial charge >= 0.3 is 0 Å². The lowest BCUT2D eigenvalue weighted by molar-refractivity contribution is -0.133. The fourth-order valence-electron chi connectivity index (χ4n) is 1.89. The van der Waals surface area contributed by atoms with Gasteiger partial charge < -0.3 is 15.9 Å². The highest BCUT2D eigenvalue weighted by molar-refractivity contribution is 5.89. The molecule has 4 heteroatoms. The van der Waals surface area contributed by atoms with Crippen LogP contribution in [0.1, 0.15) is 11.1 Å². The maximum Gasteiger partial charge on any atom is 0.258 e. The molecule has 0 fully saturated rings. The molecule has 0 aromatic heterocycles. The van der Waals surface area contributed by atoms with Crippen molar-refractivity contribution < 1.29 is 15.0 Å². The maximum atomic E-state index is 11.6. The first-order valence-corrected chi connectivity index (χ1v) is 5.43. The molecular formula is C14H13NO3. The number of aliphatic hydroxyl groups is 1. The third-order valence-corrected chi connectivity index (χ3v) is 2.84. The van der Waals surface area contributed by atoms with Crippen LogP contribution in [0.2, 0.25) is 0 Å². The number of para-hydroxylation sites is 1. The molecule has 0 bridgehead atoms. The number of amides is 1. The van der Waals surface area contributed by atoms with Crippen LogP contribution in [0.5, 0.6) is 5.75 Å². The highest BCUT2D eigenvalue weighted by Crippen LogP contribution is 2.34. The monoisotopic (exact) mass is 243 g/mol. The Labute approximate surface area is 104 Å². The number of primary amides is 1. The van der Waals surface area contributed by atoms with Crippen LogP contribution >= 0.6 is 0 Å². The van der Waals surface area contributed by atoms with E-state index in [1.165, 1.54) is 12.1 Å². The summed E-state index contributed by atoms with van der Waals surface area (Å²) >= 11 is 0. The van der Waals surface area contributed by atoms with Crippen molar-refractivity contribution >= 4 is 5.91 Å². The molecule has 0 aliphatic rings. The second-order valence-electron chi connectivity index (χ2n) is 3.96. The van der Waals surface area contributed by atoms with Crippen LogP contribution in [-0.2, 0) is 10.4 Å². The number of rotatable bonds is 3. The number of hydrogen-bond donors (Lipinski definition) is 3. The molecule has 0 aliphatic carbocycles. The smallest absolute Gasteiger partial charge is 0.258 e. The van der Waals surface area contributed by atoms with E-state index in [0.29, 0.717) is 5.56 Å². The van der Waals surface area contributed by atoms with Gasteiger partial charge in [-0.05, 0) is 11.6 Å². The highest BCUT2D eigenvalue weighted by Gasteiger charge is 2.39. The van der Waals surface area contributed by atoms with E-state index in [1.54, 1.807) is 42.5 Å². The number of nitrogens with two attached hydrogens (primary N) is 1. The number of hydrogen-bond acceptors (Lipinski definition) is 3. The van der Waals surface area contributed by atoms with E-state index in [1.807, 2.05) is 0 Å². The molecule has 0 heterocycles. The SMILES string of the molecule is NC(=O)C(O)(c1ccccc1)c1ccccc1O. The molecule has 2 rings (SSSR count). The van der Waals surface area contributed by atoms with Gasteiger partial charge in [0.15, 0.2) is 5.60 Å². The first-order valence-electron chi connectivity index (χ1n) is 5.43. The van der Waals surface area contributed by atoms with Gasteiger partial charge in [-0.3, -0.25) is 4.79 Å². The van der Waals surface area contributed by atoms with E-state index in [2.05, 4.69) is 0 Å². The molecule has 4 N–H and O–H groups in total. The zero-order valence-electron chi connectivity index (χ0n) is 9.58. The Hall–Kier alpha value is -2.33. The van der Waals surface area contributed by atoms with Crippen molar-refractivity contribution in [3.63, 3.8) is 0 Å². The molecule has 0 saturated carbocycles. The molecule has 0 radical (unpaired) electrons. The average Bonchev–Trinajstić information content (AvgIpc) is 2.39. The molecule has 1 unspecified atom stereocenters. The summed E-state index contributed by atoms with van der Waals surface area (Å²) in [5.41, 5.74) is 3.66. The summed E-state index contributed by atoms with van der Waals surface area (Å²) in [7, 11) is 0. The van der Waals surface area contributed by atoms with E-state index in [0.717, 1.165) is 0 Å². The summed E-state index contributed by atoms with van der Waals surface area (Å²) in [5.74, 6) is -1.11. The van der Waals surface area contributed by atoms with Crippen molar-refractivity contribution in [1.82, 2.24) is 0 Å². The molecule has 1 amide bonds. The molecule has 92 valence electrons. The van der Waals surface area contributed by atoms with Crippen LogP contribution in [-0.4, -0.2) is 16.1 Å². The van der Waals surface area contributed by atoms with Gasteiger partial charge in [0.1, 0.15) is 5.75 Å². The fraction of sp³-hybridized carbons (Fsp3) is 0.0714. The Morgan fingerprint density at radius 1 is 1.00 bits per heavy atom. The average molecular weight is 243 g/mol. The van der Waals surface area contributed by atoms with Gasteiger partial charge in [-0.15, -0.1) is 0 Å². The van der Waals surface area contributed by atoms with Crippen molar-refractivity contribution in [2.24, 2.45) is 5.73 Å². The zero-order chi connectivity index (χ0) is 13.2. The molecule has 0 saturated heterocycles. The number of carbonyl (C=O) groups is 1. The minimum absolute atomic E-state index is 0.0729. The van der Waals surface area contributed by atoms with E-state index < -0.39 is 11.5 Å². The van der Waals surface area contributed by atoms with Crippen molar-refractivity contribution in [2.75, 3.05) is 0 Å². The molecule has 1 atom stereocenters. The predicted molar refractivity (Wildman–Crippen MR) is 66.7 cm³/mol. The topological polar surface area (TPSA) is 83.6 Å². The van der Waals surface area contributed by atoms with E-state index >= 15 is 0 Å². The fourth-order valence-corrected chi connectivity index (χ4v) is 1.89. The normalized spacial score (nSPS) is 13.8. The van der Waals surface area contributed by atoms with Crippen LogP contribution in [0, 0.1) is 0 Å². The van der Waals surface area contributed by atoms with Gasteiger partial charge in [-0.2, -0.15) is 0 Å². The molecule has 0 aliphatic heterocycles. The first kappa shape index (κ1) is 12.1. The van der Waals surface area contributed by atoms with Gasteiger partial charge in [0.05, 0.1) is 0 Å². The molecule has 18 heavy (non-hydrogen) atoms. The highest BCUT2D eigenvalue weighted by atomic mass is 16.3. The Morgan fingerprint density at radius 2 is 1.56 bits per heavy atom. The van der Waals surface area contributed by atoms with E-state index in [9.17, 15) is 15.0 Å². The molecule has 2 aromatic carbocycles. The minimum Gasteiger partial charge on any atom is -0.508 e. The second kappa shape index (κ2) is 4.50. The Bertz CT molecular complexity index is 568. The first-order chi connectivity index (χ1) is 8.56. The third kappa shape index (κ3) is 1.83. The van der Waals surface area contributed by atoms with Crippen LogP contribution < -0.4 is 5.73 Å². The van der Waals surface area contributed by atoms with E-state index in [4.69, 9.17) is 5.73 Å². The van der Waals surface area contributed by atoms with Gasteiger partial charge in [0, 0.05) is 5.56 Å². The number of phenols is 1. The quantitative estimate of drug-likeness (QED) is 0.755. The van der Waals surface area contributed by atoms with Crippen LogP contribution in [0.15, 0.2) is 54.6 Å².